The van der Waals surface area contributed by atoms with Gasteiger partial charge in [0.15, 0.2) is 0 Å². The molecule has 0 aliphatic heterocycles. The standard InChI is InChI=1S/C11H18O5S/c1-8(17(15)7-10(12)13)11(14)16-9-5-3-2-4-6-9/h8-9H,2-7H2,1H3,(H,12,13). The lowest BCUT2D eigenvalue weighted by atomic mass is 9.98. The molecule has 2 unspecified atom stereocenters. The van der Waals surface area contributed by atoms with Crippen LogP contribution in [0.3, 0.4) is 0 Å². The number of carboxylic acids is 1. The van der Waals surface area contributed by atoms with E-state index < -0.39 is 33.7 Å². The van der Waals surface area contributed by atoms with Crippen molar-refractivity contribution in [2.75, 3.05) is 5.75 Å². The Balaban J connectivity index is 2.40. The summed E-state index contributed by atoms with van der Waals surface area (Å²) in [6.07, 6.45) is 4.87. The zero-order valence-electron chi connectivity index (χ0n) is 9.89. The third-order valence-electron chi connectivity index (χ3n) is 2.83. The molecule has 0 bridgehead atoms. The Bertz CT molecular complexity index is 309. The summed E-state index contributed by atoms with van der Waals surface area (Å²) in [7, 11) is -1.70. The number of esters is 1. The zero-order chi connectivity index (χ0) is 12.8. The van der Waals surface area contributed by atoms with Crippen LogP contribution < -0.4 is 0 Å². The predicted molar refractivity (Wildman–Crippen MR) is 63.1 cm³/mol. The third-order valence-corrected chi connectivity index (χ3v) is 4.34. The second-order valence-corrected chi connectivity index (χ2v) is 6.02. The molecular formula is C11H18O5S. The van der Waals surface area contributed by atoms with Crippen LogP contribution in [-0.2, 0) is 25.1 Å². The zero-order valence-corrected chi connectivity index (χ0v) is 10.7. The van der Waals surface area contributed by atoms with Gasteiger partial charge in [-0.3, -0.25) is 13.8 Å². The molecule has 1 rings (SSSR count). The monoisotopic (exact) mass is 262 g/mol. The minimum absolute atomic E-state index is 0.0828. The van der Waals surface area contributed by atoms with Gasteiger partial charge in [0, 0.05) is 10.8 Å². The first-order valence-corrected chi connectivity index (χ1v) is 7.18. The molecule has 17 heavy (non-hydrogen) atoms. The molecule has 2 atom stereocenters. The van der Waals surface area contributed by atoms with Crippen molar-refractivity contribution in [2.45, 2.75) is 50.4 Å². The fraction of sp³-hybridized carbons (Fsp3) is 0.818. The van der Waals surface area contributed by atoms with Crippen molar-refractivity contribution in [2.24, 2.45) is 0 Å². The second kappa shape index (κ2) is 6.74. The first-order valence-electron chi connectivity index (χ1n) is 5.80. The van der Waals surface area contributed by atoms with Gasteiger partial charge in [-0.15, -0.1) is 0 Å². The number of carbonyl (C=O) groups is 2. The molecule has 0 saturated heterocycles. The lowest BCUT2D eigenvalue weighted by molar-refractivity contribution is -0.149. The molecule has 0 aromatic heterocycles. The van der Waals surface area contributed by atoms with Crippen molar-refractivity contribution in [1.29, 1.82) is 0 Å². The Morgan fingerprint density at radius 3 is 2.47 bits per heavy atom. The highest BCUT2D eigenvalue weighted by atomic mass is 32.2. The number of carbonyl (C=O) groups excluding carboxylic acids is 1. The molecular weight excluding hydrogens is 244 g/mol. The maximum atomic E-state index is 11.6. The molecule has 0 aromatic rings. The van der Waals surface area contributed by atoms with Crippen LogP contribution in [0.25, 0.3) is 0 Å². The molecule has 0 heterocycles. The van der Waals surface area contributed by atoms with Crippen LogP contribution in [0, 0.1) is 0 Å². The number of hydrogen-bond acceptors (Lipinski definition) is 4. The van der Waals surface area contributed by atoms with E-state index in [1.54, 1.807) is 0 Å². The maximum Gasteiger partial charge on any atom is 0.321 e. The molecule has 0 amide bonds. The Morgan fingerprint density at radius 2 is 1.94 bits per heavy atom. The highest BCUT2D eigenvalue weighted by Gasteiger charge is 2.26. The van der Waals surface area contributed by atoms with Gasteiger partial charge in [-0.2, -0.15) is 0 Å². The molecule has 5 nitrogen and oxygen atoms in total. The van der Waals surface area contributed by atoms with Crippen molar-refractivity contribution in [3.8, 4) is 0 Å². The topological polar surface area (TPSA) is 80.7 Å². The van der Waals surface area contributed by atoms with Gasteiger partial charge in [-0.1, -0.05) is 6.42 Å². The van der Waals surface area contributed by atoms with E-state index in [9.17, 15) is 13.8 Å². The molecule has 0 spiro atoms. The van der Waals surface area contributed by atoms with Crippen LogP contribution in [0.2, 0.25) is 0 Å². The van der Waals surface area contributed by atoms with Crippen molar-refractivity contribution < 1.29 is 23.6 Å². The first-order chi connectivity index (χ1) is 8.00. The average Bonchev–Trinajstić information content (AvgIpc) is 2.28. The van der Waals surface area contributed by atoms with Gasteiger partial charge in [0.05, 0.1) is 0 Å². The average molecular weight is 262 g/mol. The van der Waals surface area contributed by atoms with E-state index in [0.29, 0.717) is 0 Å². The number of hydrogen-bond donors (Lipinski definition) is 1. The minimum atomic E-state index is -1.70. The van der Waals surface area contributed by atoms with E-state index in [0.717, 1.165) is 32.1 Å². The minimum Gasteiger partial charge on any atom is -0.481 e. The Kier molecular flexibility index (Phi) is 5.61. The van der Waals surface area contributed by atoms with Gasteiger partial charge in [-0.05, 0) is 32.6 Å². The van der Waals surface area contributed by atoms with Gasteiger partial charge in [0.1, 0.15) is 17.1 Å². The number of ether oxygens (including phenoxy) is 1. The fourth-order valence-electron chi connectivity index (χ4n) is 1.80. The summed E-state index contributed by atoms with van der Waals surface area (Å²) in [5.74, 6) is -2.22. The molecule has 6 heteroatoms. The number of rotatable bonds is 5. The van der Waals surface area contributed by atoms with Crippen LogP contribution in [0.5, 0.6) is 0 Å². The van der Waals surface area contributed by atoms with E-state index in [-0.39, 0.29) is 6.10 Å². The van der Waals surface area contributed by atoms with Crippen LogP contribution >= 0.6 is 0 Å². The summed E-state index contributed by atoms with van der Waals surface area (Å²) in [5.41, 5.74) is 0. The van der Waals surface area contributed by atoms with Crippen LogP contribution in [0.1, 0.15) is 39.0 Å². The van der Waals surface area contributed by atoms with E-state index in [2.05, 4.69) is 0 Å². The van der Waals surface area contributed by atoms with E-state index in [1.807, 2.05) is 0 Å². The van der Waals surface area contributed by atoms with Crippen LogP contribution in [0.15, 0.2) is 0 Å². The maximum absolute atomic E-state index is 11.6. The van der Waals surface area contributed by atoms with E-state index >= 15 is 0 Å². The molecule has 98 valence electrons. The summed E-state index contributed by atoms with van der Waals surface area (Å²) >= 11 is 0. The Labute approximate surface area is 103 Å². The molecule has 1 fully saturated rings. The van der Waals surface area contributed by atoms with Gasteiger partial charge in [-0.25, -0.2) is 0 Å². The van der Waals surface area contributed by atoms with Gasteiger partial charge in [0.25, 0.3) is 0 Å². The summed E-state index contributed by atoms with van der Waals surface area (Å²) < 4.78 is 16.7. The largest absolute Gasteiger partial charge is 0.481 e. The molecule has 1 aliphatic rings. The fourth-order valence-corrected chi connectivity index (χ4v) is 2.56. The van der Waals surface area contributed by atoms with Crippen molar-refractivity contribution in [3.63, 3.8) is 0 Å². The lowest BCUT2D eigenvalue weighted by Gasteiger charge is -2.23. The molecule has 1 N–H and O–H groups in total. The van der Waals surface area contributed by atoms with Gasteiger partial charge < -0.3 is 9.84 Å². The summed E-state index contributed by atoms with van der Waals surface area (Å²) in [6.45, 7) is 1.45. The Hall–Kier alpha value is -0.910. The van der Waals surface area contributed by atoms with Gasteiger partial charge >= 0.3 is 11.9 Å². The van der Waals surface area contributed by atoms with Crippen LogP contribution in [-0.4, -0.2) is 38.4 Å². The van der Waals surface area contributed by atoms with Crippen molar-refractivity contribution in [3.05, 3.63) is 0 Å². The molecule has 1 saturated carbocycles. The molecule has 0 radical (unpaired) electrons. The van der Waals surface area contributed by atoms with Gasteiger partial charge in [0.2, 0.25) is 0 Å². The SMILES string of the molecule is CC(C(=O)OC1CCCCC1)S(=O)CC(=O)O. The molecule has 1 aliphatic carbocycles. The summed E-state index contributed by atoms with van der Waals surface area (Å²) in [6, 6.07) is 0. The number of carboxylic acid groups (broad SMARTS) is 1. The summed E-state index contributed by atoms with van der Waals surface area (Å²) in [5, 5.41) is 7.62. The smallest absolute Gasteiger partial charge is 0.321 e. The third kappa shape index (κ3) is 4.85. The number of aliphatic carboxylic acids is 1. The predicted octanol–water partition coefficient (Wildman–Crippen LogP) is 1.08. The highest BCUT2D eigenvalue weighted by Crippen LogP contribution is 2.21. The lowest BCUT2D eigenvalue weighted by Crippen LogP contribution is -2.32. The Morgan fingerprint density at radius 1 is 1.35 bits per heavy atom. The normalized spacial score (nSPS) is 20.5. The summed E-state index contributed by atoms with van der Waals surface area (Å²) in [4.78, 5) is 22.0. The van der Waals surface area contributed by atoms with Crippen molar-refractivity contribution >= 4 is 22.7 Å². The van der Waals surface area contributed by atoms with E-state index in [1.165, 1.54) is 6.92 Å². The first kappa shape index (κ1) is 14.2. The van der Waals surface area contributed by atoms with E-state index in [4.69, 9.17) is 9.84 Å². The van der Waals surface area contributed by atoms with Crippen molar-refractivity contribution in [1.82, 2.24) is 0 Å². The molecule has 0 aromatic carbocycles. The highest BCUT2D eigenvalue weighted by molar-refractivity contribution is 7.87. The van der Waals surface area contributed by atoms with Crippen LogP contribution in [0.4, 0.5) is 0 Å². The second-order valence-electron chi connectivity index (χ2n) is 4.26. The quantitative estimate of drug-likeness (QED) is 0.750.